The van der Waals surface area contributed by atoms with E-state index in [1.807, 2.05) is 18.2 Å². The number of unbranched alkanes of at least 4 members (excludes halogenated alkanes) is 7. The van der Waals surface area contributed by atoms with E-state index in [1.165, 1.54) is 0 Å². The predicted molar refractivity (Wildman–Crippen MR) is 259 cm³/mol. The van der Waals surface area contributed by atoms with E-state index in [1.54, 1.807) is 0 Å². The quantitative estimate of drug-likeness (QED) is 0.0133. The zero-order valence-corrected chi connectivity index (χ0v) is 40.4. The second kappa shape index (κ2) is 39.7. The average molecular weight is 951 g/mol. The van der Waals surface area contributed by atoms with E-state index in [2.05, 4.69) is 92.8 Å². The van der Waals surface area contributed by atoms with Crippen LogP contribution in [0.15, 0.2) is 97.2 Å². The van der Waals surface area contributed by atoms with Gasteiger partial charge in [0.15, 0.2) is 6.10 Å². The average Bonchev–Trinajstić information content (AvgIpc) is 3.29. The van der Waals surface area contributed by atoms with Crippen LogP contribution in [0.3, 0.4) is 0 Å². The van der Waals surface area contributed by atoms with Crippen LogP contribution in [0.25, 0.3) is 0 Å². The minimum absolute atomic E-state index is 0.0553. The van der Waals surface area contributed by atoms with Crippen molar-refractivity contribution in [3.8, 4) is 0 Å². The fourth-order valence-corrected chi connectivity index (χ4v) is 7.61. The number of hydrogen-bond donors (Lipinski definition) is 7. The molecular weight excluding hydrogens is 868 g/mol. The standard InChI is InChI=1S/C51H83O14P/c1-3-5-6-7-8-9-10-11-12-13-14-15-16-19-23-26-29-32-35-39-45(54)64-43(41-63-66(60,61)65-51-49(58)47(56)46(55)48(57)50(51)59)40-62-44(53)38-34-31-28-25-22-20-17-18-21-24-27-30-33-37-42(52)36-4-2/h5-6,8-9,11-12,14-15,17,20-21,24-25,28,30,33,42-43,46-52,55-59H,3-4,7,10,13,16,18-19,22-23,26-27,29,31-32,34-41H2,1-2H3,(H,60,61)/b6-5-,9-8-,12-11-,15-14-,20-17-,24-21-,28-25-,33-30-/t42?,43-,46?,47-,48+,49-,50-,51?/m1/s1. The van der Waals surface area contributed by atoms with Crippen LogP contribution in [-0.2, 0) is 32.7 Å². The van der Waals surface area contributed by atoms with Gasteiger partial charge in [-0.15, -0.1) is 0 Å². The molecule has 0 heterocycles. The van der Waals surface area contributed by atoms with Crippen LogP contribution in [-0.4, -0.2) is 110 Å². The maximum absolute atomic E-state index is 12.8. The lowest BCUT2D eigenvalue weighted by molar-refractivity contribution is -0.220. The van der Waals surface area contributed by atoms with Gasteiger partial charge in [-0.2, -0.15) is 0 Å². The molecule has 66 heavy (non-hydrogen) atoms. The normalized spacial score (nSPS) is 22.6. The van der Waals surface area contributed by atoms with Crippen LogP contribution >= 0.6 is 7.82 Å². The highest BCUT2D eigenvalue weighted by atomic mass is 31.2. The second-order valence-corrected chi connectivity index (χ2v) is 17.8. The third-order valence-corrected chi connectivity index (χ3v) is 11.5. The predicted octanol–water partition coefficient (Wildman–Crippen LogP) is 8.80. The molecule has 4 unspecified atom stereocenters. The number of aliphatic hydroxyl groups excluding tert-OH is 6. The Morgan fingerprint density at radius 1 is 0.545 bits per heavy atom. The monoisotopic (exact) mass is 951 g/mol. The molecule has 0 saturated heterocycles. The number of phosphoric acid groups is 1. The first kappa shape index (κ1) is 60.7. The van der Waals surface area contributed by atoms with Gasteiger partial charge in [-0.1, -0.05) is 143 Å². The van der Waals surface area contributed by atoms with Crippen molar-refractivity contribution in [3.63, 3.8) is 0 Å². The molecule has 7 N–H and O–H groups in total. The van der Waals surface area contributed by atoms with Crippen LogP contribution < -0.4 is 0 Å². The van der Waals surface area contributed by atoms with Gasteiger partial charge in [-0.25, -0.2) is 4.57 Å². The summed E-state index contributed by atoms with van der Waals surface area (Å²) < 4.78 is 33.5. The smallest absolute Gasteiger partial charge is 0.462 e. The molecule has 0 aromatic carbocycles. The molecular formula is C51H83O14P. The van der Waals surface area contributed by atoms with E-state index < -0.39 is 75.7 Å². The van der Waals surface area contributed by atoms with Gasteiger partial charge >= 0.3 is 19.8 Å². The molecule has 9 atom stereocenters. The van der Waals surface area contributed by atoms with Crippen LogP contribution in [0.2, 0.25) is 0 Å². The van der Waals surface area contributed by atoms with Crippen molar-refractivity contribution in [1.29, 1.82) is 0 Å². The molecule has 0 spiro atoms. The van der Waals surface area contributed by atoms with Crippen molar-refractivity contribution in [2.75, 3.05) is 13.2 Å². The Balaban J connectivity index is 2.50. The Labute approximate surface area is 394 Å². The molecule has 1 rings (SSSR count). The summed E-state index contributed by atoms with van der Waals surface area (Å²) in [5.41, 5.74) is 0. The number of aliphatic hydroxyl groups is 6. The lowest BCUT2D eigenvalue weighted by atomic mass is 9.85. The van der Waals surface area contributed by atoms with Crippen LogP contribution in [0, 0.1) is 0 Å². The molecule has 1 fully saturated rings. The number of phosphoric ester groups is 1. The third kappa shape index (κ3) is 31.7. The molecule has 0 amide bonds. The van der Waals surface area contributed by atoms with Crippen molar-refractivity contribution in [2.45, 2.75) is 198 Å². The molecule has 0 bridgehead atoms. The van der Waals surface area contributed by atoms with E-state index in [0.717, 1.165) is 96.3 Å². The molecule has 1 aliphatic rings. The molecule has 15 heteroatoms. The maximum atomic E-state index is 12.8. The molecule has 0 aromatic heterocycles. The Bertz CT molecular complexity index is 1540. The minimum atomic E-state index is -5.15. The zero-order chi connectivity index (χ0) is 48.7. The molecule has 1 aliphatic carbocycles. The molecule has 14 nitrogen and oxygen atoms in total. The van der Waals surface area contributed by atoms with Crippen LogP contribution in [0.5, 0.6) is 0 Å². The van der Waals surface area contributed by atoms with Crippen molar-refractivity contribution < 1.29 is 68.2 Å². The van der Waals surface area contributed by atoms with Crippen molar-refractivity contribution in [2.24, 2.45) is 0 Å². The maximum Gasteiger partial charge on any atom is 0.472 e. The third-order valence-electron chi connectivity index (χ3n) is 10.5. The fourth-order valence-electron chi connectivity index (χ4n) is 6.64. The van der Waals surface area contributed by atoms with Crippen molar-refractivity contribution in [3.05, 3.63) is 97.2 Å². The summed E-state index contributed by atoms with van der Waals surface area (Å²) in [4.78, 5) is 35.8. The number of carbonyl (C=O) groups is 2. The Kier molecular flexibility index (Phi) is 36.5. The largest absolute Gasteiger partial charge is 0.472 e. The lowest BCUT2D eigenvalue weighted by Gasteiger charge is -2.41. The SMILES string of the molecule is CC/C=C\C/C=C\C/C=C\C/C=C\CCCCCCCCC(=O)O[C@H](COC(=O)CCC/C=C\C/C=C\C/C=C\C/C=C\CC(O)CCC)COP(=O)(O)OC1[C@H](O)[C@H](O)C(O)[C@H](O)[C@H]1O. The van der Waals surface area contributed by atoms with Gasteiger partial charge in [0.25, 0.3) is 0 Å². The first-order valence-electron chi connectivity index (χ1n) is 24.1. The summed E-state index contributed by atoms with van der Waals surface area (Å²) in [6.07, 6.45) is 36.6. The van der Waals surface area contributed by atoms with Gasteiger partial charge in [0.2, 0.25) is 0 Å². The highest BCUT2D eigenvalue weighted by molar-refractivity contribution is 7.47. The van der Waals surface area contributed by atoms with Gasteiger partial charge < -0.3 is 45.0 Å². The summed E-state index contributed by atoms with van der Waals surface area (Å²) in [6.45, 7) is 2.92. The number of carbonyl (C=O) groups excluding carboxylic acids is 2. The van der Waals surface area contributed by atoms with Crippen molar-refractivity contribution >= 4 is 19.8 Å². The second-order valence-electron chi connectivity index (χ2n) is 16.4. The number of rotatable bonds is 38. The van der Waals surface area contributed by atoms with E-state index in [-0.39, 0.29) is 18.9 Å². The van der Waals surface area contributed by atoms with Gasteiger partial charge in [-0.05, 0) is 89.9 Å². The fraction of sp³-hybridized carbons (Fsp3) is 0.647. The summed E-state index contributed by atoms with van der Waals surface area (Å²) in [5, 5.41) is 59.9. The van der Waals surface area contributed by atoms with Crippen molar-refractivity contribution in [1.82, 2.24) is 0 Å². The topological polar surface area (TPSA) is 230 Å². The number of allylic oxidation sites excluding steroid dienone is 15. The Morgan fingerprint density at radius 3 is 1.52 bits per heavy atom. The van der Waals surface area contributed by atoms with Gasteiger partial charge in [0.1, 0.15) is 43.2 Å². The van der Waals surface area contributed by atoms with Crippen LogP contribution in [0.1, 0.15) is 149 Å². The van der Waals surface area contributed by atoms with E-state index >= 15 is 0 Å². The highest BCUT2D eigenvalue weighted by Gasteiger charge is 2.51. The Morgan fingerprint density at radius 2 is 0.985 bits per heavy atom. The van der Waals surface area contributed by atoms with E-state index in [9.17, 15) is 49.7 Å². The number of ether oxygens (including phenoxy) is 2. The van der Waals surface area contributed by atoms with Crippen LogP contribution in [0.4, 0.5) is 0 Å². The Hall–Kier alpha value is -3.27. The lowest BCUT2D eigenvalue weighted by Crippen LogP contribution is -2.64. The number of hydrogen-bond acceptors (Lipinski definition) is 13. The number of esters is 2. The minimum Gasteiger partial charge on any atom is -0.462 e. The van der Waals surface area contributed by atoms with E-state index in [0.29, 0.717) is 25.7 Å². The summed E-state index contributed by atoms with van der Waals surface area (Å²) in [7, 11) is -5.15. The molecule has 1 saturated carbocycles. The van der Waals surface area contributed by atoms with E-state index in [4.69, 9.17) is 18.5 Å². The zero-order valence-electron chi connectivity index (χ0n) is 39.6. The van der Waals surface area contributed by atoms with Gasteiger partial charge in [0.05, 0.1) is 12.7 Å². The summed E-state index contributed by atoms with van der Waals surface area (Å²) in [6, 6.07) is 0. The molecule has 376 valence electrons. The summed E-state index contributed by atoms with van der Waals surface area (Å²) in [5.74, 6) is -1.21. The van der Waals surface area contributed by atoms with Gasteiger partial charge in [-0.3, -0.25) is 18.6 Å². The van der Waals surface area contributed by atoms with Gasteiger partial charge in [0, 0.05) is 12.8 Å². The first-order chi connectivity index (χ1) is 31.8. The summed E-state index contributed by atoms with van der Waals surface area (Å²) >= 11 is 0. The first-order valence-corrected chi connectivity index (χ1v) is 25.6. The molecule has 0 aromatic rings. The highest BCUT2D eigenvalue weighted by Crippen LogP contribution is 2.47. The molecule has 0 aliphatic heterocycles. The molecule has 0 radical (unpaired) electrons.